The van der Waals surface area contributed by atoms with E-state index >= 15 is 0 Å². The number of fused-ring (bicyclic) bond motifs is 1. The fraction of sp³-hybridized carbons (Fsp3) is 0. The van der Waals surface area contributed by atoms with E-state index in [9.17, 15) is 5.11 Å². The molecule has 0 heterocycles. The van der Waals surface area contributed by atoms with Crippen LogP contribution in [0.15, 0.2) is 36.4 Å². The smallest absolute Gasteiger partial charge is 0.186 e. The Morgan fingerprint density at radius 1 is 1.08 bits per heavy atom. The maximum atomic E-state index is 11.3. The molecule has 0 atom stereocenters. The first-order valence-corrected chi connectivity index (χ1v) is 4.70. The summed E-state index contributed by atoms with van der Waals surface area (Å²) in [5.74, 6) is 0.103. The molecule has 0 fully saturated rings. The highest BCUT2D eigenvalue weighted by Gasteiger charge is 1.99. The van der Waals surface area contributed by atoms with E-state index in [2.05, 4.69) is 22.6 Å². The molecule has 0 aromatic heterocycles. The van der Waals surface area contributed by atoms with Crippen LogP contribution in [0, 0.1) is 3.57 Å². The van der Waals surface area contributed by atoms with Crippen LogP contribution in [0.3, 0.4) is 0 Å². The van der Waals surface area contributed by atoms with Gasteiger partial charge in [0.05, 0.1) is 0 Å². The van der Waals surface area contributed by atoms with Crippen molar-refractivity contribution in [2.24, 2.45) is 0 Å². The Hall–Kier alpha value is -0.770. The molecule has 0 amide bonds. The number of hydrogen-bond donors (Lipinski definition) is 0. The molecule has 0 bridgehead atoms. The first kappa shape index (κ1) is 7.86. The molecular weight excluding hydrogens is 263 g/mol. The van der Waals surface area contributed by atoms with Crippen molar-refractivity contribution in [1.82, 2.24) is 0 Å². The fourth-order valence-corrected chi connectivity index (χ4v) is 1.71. The van der Waals surface area contributed by atoms with Crippen molar-refractivity contribution in [3.63, 3.8) is 0 Å². The van der Waals surface area contributed by atoms with Gasteiger partial charge in [-0.25, -0.2) is 0 Å². The lowest BCUT2D eigenvalue weighted by molar-refractivity contribution is 0.360. The van der Waals surface area contributed by atoms with Crippen LogP contribution >= 0.6 is 22.6 Å². The van der Waals surface area contributed by atoms with Gasteiger partial charge in [-0.15, -0.1) is 0 Å². The highest BCUT2D eigenvalue weighted by Crippen LogP contribution is 2.26. The molecule has 2 heteroatoms. The van der Waals surface area contributed by atoms with Crippen molar-refractivity contribution in [2.45, 2.75) is 0 Å². The molecule has 2 aromatic rings. The normalized spacial score (nSPS) is 10.4. The molecule has 0 unspecified atom stereocenters. The van der Waals surface area contributed by atoms with E-state index in [1.54, 1.807) is 12.1 Å². The molecular formula is C10H6IO. The van der Waals surface area contributed by atoms with E-state index in [1.807, 2.05) is 24.3 Å². The molecule has 2 aromatic carbocycles. The molecule has 59 valence electrons. The fourth-order valence-electron chi connectivity index (χ4n) is 1.22. The van der Waals surface area contributed by atoms with Gasteiger partial charge >= 0.3 is 0 Å². The maximum absolute atomic E-state index is 11.3. The van der Waals surface area contributed by atoms with Gasteiger partial charge in [0.1, 0.15) is 0 Å². The summed E-state index contributed by atoms with van der Waals surface area (Å²) in [6.45, 7) is 0. The standard InChI is InChI=1S/C10H6IO/c11-8-5-4-7-2-1-3-10(12)9(7)6-8/h1-6H. The number of hydrogen-bond acceptors (Lipinski definition) is 0. The lowest BCUT2D eigenvalue weighted by Crippen LogP contribution is -1.74. The highest BCUT2D eigenvalue weighted by molar-refractivity contribution is 14.1. The van der Waals surface area contributed by atoms with Crippen LogP contribution in [-0.4, -0.2) is 0 Å². The molecule has 12 heavy (non-hydrogen) atoms. The van der Waals surface area contributed by atoms with Crippen LogP contribution in [0.5, 0.6) is 5.75 Å². The largest absolute Gasteiger partial charge is 0.289 e. The van der Waals surface area contributed by atoms with Gasteiger partial charge in [-0.2, -0.15) is 0 Å². The summed E-state index contributed by atoms with van der Waals surface area (Å²) in [5.41, 5.74) is 0. The molecule has 2 rings (SSSR count). The third-order valence-corrected chi connectivity index (χ3v) is 2.48. The molecule has 0 aliphatic rings. The van der Waals surface area contributed by atoms with Gasteiger partial charge in [0.2, 0.25) is 0 Å². The van der Waals surface area contributed by atoms with Crippen molar-refractivity contribution < 1.29 is 5.11 Å². The zero-order valence-corrected chi connectivity index (χ0v) is 8.41. The average Bonchev–Trinajstić information content (AvgIpc) is 2.07. The summed E-state index contributed by atoms with van der Waals surface area (Å²) >= 11 is 2.21. The van der Waals surface area contributed by atoms with Crippen LogP contribution in [-0.2, 0) is 5.11 Å². The van der Waals surface area contributed by atoms with Crippen molar-refractivity contribution >= 4 is 33.4 Å². The second kappa shape index (κ2) is 2.94. The van der Waals surface area contributed by atoms with Crippen LogP contribution < -0.4 is 0 Å². The second-order valence-electron chi connectivity index (χ2n) is 2.62. The van der Waals surface area contributed by atoms with Gasteiger partial charge in [-0.1, -0.05) is 18.2 Å². The molecule has 0 saturated carbocycles. The van der Waals surface area contributed by atoms with Gasteiger partial charge in [0.25, 0.3) is 0 Å². The van der Waals surface area contributed by atoms with E-state index < -0.39 is 0 Å². The summed E-state index contributed by atoms with van der Waals surface area (Å²) in [6.07, 6.45) is 0. The molecule has 0 spiro atoms. The molecule has 0 N–H and O–H groups in total. The Kier molecular flexibility index (Phi) is 1.92. The van der Waals surface area contributed by atoms with E-state index in [1.165, 1.54) is 0 Å². The Morgan fingerprint density at radius 3 is 2.75 bits per heavy atom. The SMILES string of the molecule is [O]c1cccc2ccc(I)cc12. The van der Waals surface area contributed by atoms with E-state index in [0.29, 0.717) is 0 Å². The topological polar surface area (TPSA) is 19.9 Å². The van der Waals surface area contributed by atoms with Gasteiger partial charge in [0.15, 0.2) is 5.75 Å². The van der Waals surface area contributed by atoms with Gasteiger partial charge < -0.3 is 0 Å². The van der Waals surface area contributed by atoms with Gasteiger partial charge in [-0.05, 0) is 46.2 Å². The first-order valence-electron chi connectivity index (χ1n) is 3.63. The predicted octanol–water partition coefficient (Wildman–Crippen LogP) is 3.59. The summed E-state index contributed by atoms with van der Waals surface area (Å²) in [6, 6.07) is 11.2. The number of benzene rings is 2. The van der Waals surface area contributed by atoms with E-state index in [4.69, 9.17) is 0 Å². The lowest BCUT2D eigenvalue weighted by atomic mass is 10.1. The van der Waals surface area contributed by atoms with Gasteiger partial charge in [0, 0.05) is 8.96 Å². The summed E-state index contributed by atoms with van der Waals surface area (Å²) in [5, 5.41) is 13.2. The Labute approximate surface area is 84.2 Å². The first-order chi connectivity index (χ1) is 5.77. The van der Waals surface area contributed by atoms with Crippen molar-refractivity contribution in [1.29, 1.82) is 0 Å². The number of rotatable bonds is 0. The predicted molar refractivity (Wildman–Crippen MR) is 56.8 cm³/mol. The quantitative estimate of drug-likeness (QED) is 0.651. The summed E-state index contributed by atoms with van der Waals surface area (Å²) in [4.78, 5) is 0. The average molecular weight is 269 g/mol. The van der Waals surface area contributed by atoms with Gasteiger partial charge in [-0.3, -0.25) is 5.11 Å². The Balaban J connectivity index is 2.88. The lowest BCUT2D eigenvalue weighted by Gasteiger charge is -1.97. The van der Waals surface area contributed by atoms with Crippen LogP contribution in [0.2, 0.25) is 0 Å². The minimum absolute atomic E-state index is 0.103. The van der Waals surface area contributed by atoms with Crippen LogP contribution in [0.25, 0.3) is 10.8 Å². The second-order valence-corrected chi connectivity index (χ2v) is 3.87. The Morgan fingerprint density at radius 2 is 1.92 bits per heavy atom. The molecule has 1 nitrogen and oxygen atoms in total. The monoisotopic (exact) mass is 269 g/mol. The van der Waals surface area contributed by atoms with Crippen LogP contribution in [0.1, 0.15) is 0 Å². The van der Waals surface area contributed by atoms with E-state index in [0.717, 1.165) is 14.3 Å². The summed E-state index contributed by atoms with van der Waals surface area (Å²) < 4.78 is 1.10. The number of halogens is 1. The third-order valence-electron chi connectivity index (χ3n) is 1.80. The molecule has 0 aliphatic carbocycles. The highest BCUT2D eigenvalue weighted by atomic mass is 127. The Bertz CT molecular complexity index is 423. The molecule has 0 saturated heterocycles. The third kappa shape index (κ3) is 1.27. The van der Waals surface area contributed by atoms with Crippen molar-refractivity contribution in [3.8, 4) is 5.75 Å². The summed E-state index contributed by atoms with van der Waals surface area (Å²) in [7, 11) is 0. The zero-order chi connectivity index (χ0) is 8.55. The van der Waals surface area contributed by atoms with Crippen molar-refractivity contribution in [3.05, 3.63) is 40.0 Å². The molecule has 1 radical (unpaired) electrons. The maximum Gasteiger partial charge on any atom is 0.186 e. The zero-order valence-electron chi connectivity index (χ0n) is 6.25. The molecule has 0 aliphatic heterocycles. The van der Waals surface area contributed by atoms with Crippen LogP contribution in [0.4, 0.5) is 0 Å². The minimum Gasteiger partial charge on any atom is -0.289 e. The van der Waals surface area contributed by atoms with E-state index in [-0.39, 0.29) is 5.75 Å². The minimum atomic E-state index is 0.103. The van der Waals surface area contributed by atoms with Crippen molar-refractivity contribution in [2.75, 3.05) is 0 Å².